The molecule has 6 heteroatoms. The predicted molar refractivity (Wildman–Crippen MR) is 96.0 cm³/mol. The Morgan fingerprint density at radius 1 is 1.21 bits per heavy atom. The standard InChI is InChI=1S/C18H19ClN2O3/c1-4-12-6-8-15(19)14(5-2)17(12)20-18(22)13-7-9-16(21(23)24)11(3)10-13/h6-10H,4-5H2,1-3H3,(H,20,22). The second-order valence-electron chi connectivity index (χ2n) is 5.48. The van der Waals surface area contributed by atoms with Crippen molar-refractivity contribution in [3.63, 3.8) is 0 Å². The van der Waals surface area contributed by atoms with Crippen LogP contribution in [-0.2, 0) is 12.8 Å². The number of halogens is 1. The van der Waals surface area contributed by atoms with Gasteiger partial charge in [-0.1, -0.05) is 31.5 Å². The van der Waals surface area contributed by atoms with Crippen LogP contribution in [0, 0.1) is 17.0 Å². The van der Waals surface area contributed by atoms with Gasteiger partial charge in [0, 0.05) is 27.9 Å². The van der Waals surface area contributed by atoms with E-state index in [0.29, 0.717) is 22.6 Å². The van der Waals surface area contributed by atoms with Gasteiger partial charge in [-0.3, -0.25) is 14.9 Å². The van der Waals surface area contributed by atoms with Crippen LogP contribution in [-0.4, -0.2) is 10.8 Å². The van der Waals surface area contributed by atoms with Gasteiger partial charge in [0.1, 0.15) is 0 Å². The molecule has 0 fully saturated rings. The van der Waals surface area contributed by atoms with E-state index in [2.05, 4.69) is 5.32 Å². The van der Waals surface area contributed by atoms with Crippen molar-refractivity contribution in [1.82, 2.24) is 0 Å². The molecule has 0 heterocycles. The molecule has 2 rings (SSSR count). The molecule has 2 aromatic carbocycles. The molecular formula is C18H19ClN2O3. The van der Waals surface area contributed by atoms with E-state index in [-0.39, 0.29) is 11.6 Å². The Kier molecular flexibility index (Phi) is 5.57. The maximum atomic E-state index is 12.6. The molecule has 5 nitrogen and oxygen atoms in total. The molecule has 2 aromatic rings. The van der Waals surface area contributed by atoms with Crippen LogP contribution < -0.4 is 5.32 Å². The highest BCUT2D eigenvalue weighted by Gasteiger charge is 2.17. The number of hydrogen-bond acceptors (Lipinski definition) is 3. The fourth-order valence-corrected chi connectivity index (χ4v) is 2.95. The fourth-order valence-electron chi connectivity index (χ4n) is 2.65. The average molecular weight is 347 g/mol. The van der Waals surface area contributed by atoms with Crippen molar-refractivity contribution >= 4 is 28.9 Å². The smallest absolute Gasteiger partial charge is 0.272 e. The van der Waals surface area contributed by atoms with E-state index in [1.165, 1.54) is 18.2 Å². The summed E-state index contributed by atoms with van der Waals surface area (Å²) >= 11 is 6.24. The monoisotopic (exact) mass is 346 g/mol. The second-order valence-corrected chi connectivity index (χ2v) is 5.89. The zero-order chi connectivity index (χ0) is 17.9. The Hall–Kier alpha value is -2.40. The molecule has 0 bridgehead atoms. The largest absolute Gasteiger partial charge is 0.321 e. The van der Waals surface area contributed by atoms with Crippen LogP contribution in [0.1, 0.15) is 40.9 Å². The quantitative estimate of drug-likeness (QED) is 0.616. The summed E-state index contributed by atoms with van der Waals surface area (Å²) in [6.07, 6.45) is 1.46. The van der Waals surface area contributed by atoms with E-state index in [1.807, 2.05) is 26.0 Å². The van der Waals surface area contributed by atoms with E-state index in [1.54, 1.807) is 6.92 Å². The molecule has 0 spiro atoms. The minimum Gasteiger partial charge on any atom is -0.321 e. The van der Waals surface area contributed by atoms with Gasteiger partial charge in [0.15, 0.2) is 0 Å². The first kappa shape index (κ1) is 17.9. The lowest BCUT2D eigenvalue weighted by molar-refractivity contribution is -0.385. The van der Waals surface area contributed by atoms with Gasteiger partial charge < -0.3 is 5.32 Å². The number of nitro benzene ring substituents is 1. The highest BCUT2D eigenvalue weighted by molar-refractivity contribution is 6.32. The van der Waals surface area contributed by atoms with Crippen LogP contribution in [0.5, 0.6) is 0 Å². The van der Waals surface area contributed by atoms with Crippen LogP contribution >= 0.6 is 11.6 Å². The number of carbonyl (C=O) groups excluding carboxylic acids is 1. The van der Waals surface area contributed by atoms with Crippen molar-refractivity contribution in [3.05, 3.63) is 67.7 Å². The molecule has 0 radical (unpaired) electrons. The molecule has 0 aliphatic carbocycles. The molecule has 24 heavy (non-hydrogen) atoms. The molecule has 126 valence electrons. The number of nitro groups is 1. The lowest BCUT2D eigenvalue weighted by Crippen LogP contribution is -2.15. The number of aryl methyl sites for hydroxylation is 2. The minimum atomic E-state index is -0.460. The number of anilines is 1. The van der Waals surface area contributed by atoms with Gasteiger partial charge in [-0.2, -0.15) is 0 Å². The van der Waals surface area contributed by atoms with Crippen molar-refractivity contribution in [2.24, 2.45) is 0 Å². The SMILES string of the molecule is CCc1ccc(Cl)c(CC)c1NC(=O)c1ccc([N+](=O)[O-])c(C)c1. The first-order chi connectivity index (χ1) is 11.4. The number of amides is 1. The predicted octanol–water partition coefficient (Wildman–Crippen LogP) is 4.93. The van der Waals surface area contributed by atoms with Crippen molar-refractivity contribution in [2.45, 2.75) is 33.6 Å². The third-order valence-corrected chi connectivity index (χ3v) is 4.32. The Morgan fingerprint density at radius 2 is 1.92 bits per heavy atom. The van der Waals surface area contributed by atoms with Crippen LogP contribution in [0.4, 0.5) is 11.4 Å². The zero-order valence-corrected chi connectivity index (χ0v) is 14.6. The van der Waals surface area contributed by atoms with Crippen molar-refractivity contribution < 1.29 is 9.72 Å². The Bertz CT molecular complexity index is 803. The van der Waals surface area contributed by atoms with Gasteiger partial charge in [0.05, 0.1) is 4.92 Å². The lowest BCUT2D eigenvalue weighted by atomic mass is 10.0. The van der Waals surface area contributed by atoms with Gasteiger partial charge >= 0.3 is 0 Å². The highest BCUT2D eigenvalue weighted by Crippen LogP contribution is 2.30. The molecule has 0 saturated heterocycles. The fraction of sp³-hybridized carbons (Fsp3) is 0.278. The summed E-state index contributed by atoms with van der Waals surface area (Å²) in [7, 11) is 0. The summed E-state index contributed by atoms with van der Waals surface area (Å²) in [6.45, 7) is 5.60. The summed E-state index contributed by atoms with van der Waals surface area (Å²) in [5.74, 6) is -0.306. The first-order valence-corrected chi connectivity index (χ1v) is 8.13. The van der Waals surface area contributed by atoms with E-state index in [9.17, 15) is 14.9 Å². The van der Waals surface area contributed by atoms with Gasteiger partial charge in [-0.25, -0.2) is 0 Å². The molecule has 0 aliphatic heterocycles. The van der Waals surface area contributed by atoms with Crippen LogP contribution in [0.3, 0.4) is 0 Å². The molecule has 0 saturated carbocycles. The highest BCUT2D eigenvalue weighted by atomic mass is 35.5. The van der Waals surface area contributed by atoms with Gasteiger partial charge in [0.25, 0.3) is 11.6 Å². The van der Waals surface area contributed by atoms with Gasteiger partial charge in [-0.15, -0.1) is 0 Å². The second kappa shape index (κ2) is 7.45. The van der Waals surface area contributed by atoms with Crippen LogP contribution in [0.2, 0.25) is 5.02 Å². The molecule has 0 unspecified atom stereocenters. The molecule has 0 aliphatic rings. The third kappa shape index (κ3) is 3.57. The number of nitrogens with zero attached hydrogens (tertiary/aromatic N) is 1. The molecule has 1 amide bonds. The Balaban J connectivity index is 2.38. The Morgan fingerprint density at radius 3 is 2.46 bits per heavy atom. The third-order valence-electron chi connectivity index (χ3n) is 3.97. The summed E-state index contributed by atoms with van der Waals surface area (Å²) in [5.41, 5.74) is 3.45. The Labute approximate surface area is 145 Å². The average Bonchev–Trinajstić information content (AvgIpc) is 2.54. The van der Waals surface area contributed by atoms with Crippen LogP contribution in [0.15, 0.2) is 30.3 Å². The van der Waals surface area contributed by atoms with E-state index in [0.717, 1.165) is 23.2 Å². The molecular weight excluding hydrogens is 328 g/mol. The number of rotatable bonds is 5. The molecule has 0 atom stereocenters. The van der Waals surface area contributed by atoms with Crippen molar-refractivity contribution in [1.29, 1.82) is 0 Å². The summed E-state index contributed by atoms with van der Waals surface area (Å²) in [4.78, 5) is 23.0. The van der Waals surface area contributed by atoms with Crippen molar-refractivity contribution in [3.8, 4) is 0 Å². The van der Waals surface area contributed by atoms with E-state index < -0.39 is 4.92 Å². The number of hydrogen-bond donors (Lipinski definition) is 1. The summed E-state index contributed by atoms with van der Waals surface area (Å²) in [5, 5.41) is 14.4. The van der Waals surface area contributed by atoms with Crippen molar-refractivity contribution in [2.75, 3.05) is 5.32 Å². The van der Waals surface area contributed by atoms with E-state index in [4.69, 9.17) is 11.6 Å². The summed E-state index contributed by atoms with van der Waals surface area (Å²) < 4.78 is 0. The minimum absolute atomic E-state index is 0.00204. The summed E-state index contributed by atoms with van der Waals surface area (Å²) in [6, 6.07) is 8.07. The number of benzene rings is 2. The number of carbonyl (C=O) groups is 1. The zero-order valence-electron chi connectivity index (χ0n) is 13.9. The maximum absolute atomic E-state index is 12.6. The lowest BCUT2D eigenvalue weighted by Gasteiger charge is -2.16. The van der Waals surface area contributed by atoms with Gasteiger partial charge in [-0.05, 0) is 49.1 Å². The van der Waals surface area contributed by atoms with Crippen LogP contribution in [0.25, 0.3) is 0 Å². The molecule has 1 N–H and O–H groups in total. The van der Waals surface area contributed by atoms with E-state index >= 15 is 0 Å². The topological polar surface area (TPSA) is 72.2 Å². The first-order valence-electron chi connectivity index (χ1n) is 7.75. The number of nitrogens with one attached hydrogen (secondary N) is 1. The van der Waals surface area contributed by atoms with Gasteiger partial charge in [0.2, 0.25) is 0 Å². The molecule has 0 aromatic heterocycles. The normalized spacial score (nSPS) is 10.5. The maximum Gasteiger partial charge on any atom is 0.272 e.